The molecule has 4 heteroatoms. The van der Waals surface area contributed by atoms with Crippen LogP contribution in [-0.2, 0) is 4.79 Å². The van der Waals surface area contributed by atoms with Crippen LogP contribution in [0.25, 0.3) is 0 Å². The van der Waals surface area contributed by atoms with Gasteiger partial charge in [0.1, 0.15) is 0 Å². The molecule has 2 atom stereocenters. The number of hydrogen-bond donors (Lipinski definition) is 3. The summed E-state index contributed by atoms with van der Waals surface area (Å²) in [6, 6.07) is -0.535. The van der Waals surface area contributed by atoms with Crippen molar-refractivity contribution in [1.82, 2.24) is 5.32 Å². The fourth-order valence-corrected chi connectivity index (χ4v) is 7.07. The standard InChI is InChI=1S/C52H93NO3/c1-3-5-7-9-11-13-14-15-16-17-18-19-20-21-22-23-24-25-26-27-28-29-30-31-32-33-34-35-36-37-38-40-42-44-46-48-52(56)53-50(49-54)51(55)47-45-43-41-39-12-10-8-6-4-2/h5,7,11,13,15-16,18-19,21-22,24-25,50-51,54-55H,3-4,6,8-10,12,14,17,20,23,26-49H2,1-2H3,(H,53,56)/b7-5-,13-11-,16-15-,19-18-,22-21-,25-24-. The maximum Gasteiger partial charge on any atom is 0.220 e. The molecule has 0 radical (unpaired) electrons. The van der Waals surface area contributed by atoms with E-state index in [1.54, 1.807) is 0 Å². The van der Waals surface area contributed by atoms with Crippen LogP contribution in [0.3, 0.4) is 0 Å². The number of aliphatic hydroxyl groups is 2. The molecule has 0 fully saturated rings. The van der Waals surface area contributed by atoms with E-state index in [4.69, 9.17) is 0 Å². The Morgan fingerprint density at radius 1 is 0.446 bits per heavy atom. The van der Waals surface area contributed by atoms with Crippen LogP contribution >= 0.6 is 0 Å². The zero-order chi connectivity index (χ0) is 40.7. The average molecular weight is 780 g/mol. The first-order valence-electron chi connectivity index (χ1n) is 24.1. The summed E-state index contributed by atoms with van der Waals surface area (Å²) >= 11 is 0. The maximum absolute atomic E-state index is 12.4. The second kappa shape index (κ2) is 47.2. The smallest absolute Gasteiger partial charge is 0.220 e. The molecule has 0 bridgehead atoms. The summed E-state index contributed by atoms with van der Waals surface area (Å²) in [6.45, 7) is 4.22. The van der Waals surface area contributed by atoms with Crippen LogP contribution < -0.4 is 5.32 Å². The zero-order valence-corrected chi connectivity index (χ0v) is 37.1. The van der Waals surface area contributed by atoms with E-state index in [1.165, 1.54) is 141 Å². The lowest BCUT2D eigenvalue weighted by molar-refractivity contribution is -0.123. The van der Waals surface area contributed by atoms with Crippen molar-refractivity contribution in [2.75, 3.05) is 6.61 Å². The van der Waals surface area contributed by atoms with Crippen molar-refractivity contribution in [3.63, 3.8) is 0 Å². The first-order chi connectivity index (χ1) is 27.7. The average Bonchev–Trinajstić information content (AvgIpc) is 3.20. The molecule has 56 heavy (non-hydrogen) atoms. The fraction of sp³-hybridized carbons (Fsp3) is 0.750. The Hall–Kier alpha value is -2.17. The van der Waals surface area contributed by atoms with Gasteiger partial charge in [-0.1, -0.05) is 234 Å². The highest BCUT2D eigenvalue weighted by Gasteiger charge is 2.20. The molecule has 0 aliphatic rings. The minimum absolute atomic E-state index is 0.0352. The van der Waals surface area contributed by atoms with Gasteiger partial charge in [0.05, 0.1) is 18.8 Å². The topological polar surface area (TPSA) is 69.6 Å². The minimum Gasteiger partial charge on any atom is -0.394 e. The number of allylic oxidation sites excluding steroid dienone is 12. The molecule has 0 aromatic carbocycles. The van der Waals surface area contributed by atoms with Crippen LogP contribution in [0.2, 0.25) is 0 Å². The van der Waals surface area contributed by atoms with Gasteiger partial charge in [0, 0.05) is 6.42 Å². The lowest BCUT2D eigenvalue weighted by atomic mass is 10.0. The van der Waals surface area contributed by atoms with Crippen LogP contribution in [0.5, 0.6) is 0 Å². The van der Waals surface area contributed by atoms with Gasteiger partial charge in [-0.2, -0.15) is 0 Å². The monoisotopic (exact) mass is 780 g/mol. The lowest BCUT2D eigenvalue weighted by Crippen LogP contribution is -2.45. The zero-order valence-electron chi connectivity index (χ0n) is 37.1. The Bertz CT molecular complexity index is 977. The second-order valence-electron chi connectivity index (χ2n) is 16.2. The largest absolute Gasteiger partial charge is 0.394 e. The number of hydrogen-bond acceptors (Lipinski definition) is 3. The first-order valence-corrected chi connectivity index (χ1v) is 24.1. The van der Waals surface area contributed by atoms with E-state index in [0.717, 1.165) is 64.2 Å². The van der Waals surface area contributed by atoms with Gasteiger partial charge in [0.2, 0.25) is 5.91 Å². The molecule has 0 aromatic rings. The number of carbonyl (C=O) groups is 1. The Labute approximate surface area is 349 Å². The number of carbonyl (C=O) groups excluding carboxylic acids is 1. The highest BCUT2D eigenvalue weighted by atomic mass is 16.3. The van der Waals surface area contributed by atoms with Gasteiger partial charge in [-0.3, -0.25) is 4.79 Å². The first kappa shape index (κ1) is 53.8. The highest BCUT2D eigenvalue weighted by Crippen LogP contribution is 2.16. The molecule has 0 aromatic heterocycles. The van der Waals surface area contributed by atoms with E-state index in [2.05, 4.69) is 92.1 Å². The summed E-state index contributed by atoms with van der Waals surface area (Å²) in [5, 5.41) is 23.1. The summed E-state index contributed by atoms with van der Waals surface area (Å²) in [7, 11) is 0. The summed E-state index contributed by atoms with van der Waals surface area (Å²) in [5.41, 5.74) is 0. The predicted octanol–water partition coefficient (Wildman–Crippen LogP) is 15.5. The molecule has 1 amide bonds. The van der Waals surface area contributed by atoms with Crippen LogP contribution in [0.15, 0.2) is 72.9 Å². The van der Waals surface area contributed by atoms with Crippen LogP contribution in [-0.4, -0.2) is 34.9 Å². The van der Waals surface area contributed by atoms with Crippen molar-refractivity contribution in [2.24, 2.45) is 0 Å². The van der Waals surface area contributed by atoms with E-state index in [0.29, 0.717) is 12.8 Å². The predicted molar refractivity (Wildman–Crippen MR) is 248 cm³/mol. The molecule has 4 nitrogen and oxygen atoms in total. The Kier molecular flexibility index (Phi) is 45.4. The van der Waals surface area contributed by atoms with Crippen molar-refractivity contribution >= 4 is 5.91 Å². The molecular weight excluding hydrogens is 687 g/mol. The molecular formula is C52H93NO3. The van der Waals surface area contributed by atoms with Crippen molar-refractivity contribution in [3.05, 3.63) is 72.9 Å². The fourth-order valence-electron chi connectivity index (χ4n) is 7.07. The van der Waals surface area contributed by atoms with Crippen molar-refractivity contribution in [3.8, 4) is 0 Å². The Balaban J connectivity index is 3.46. The normalized spacial score (nSPS) is 13.6. The Morgan fingerprint density at radius 3 is 1.18 bits per heavy atom. The van der Waals surface area contributed by atoms with E-state index >= 15 is 0 Å². The number of nitrogens with one attached hydrogen (secondary N) is 1. The summed E-state index contributed by atoms with van der Waals surface area (Å²) in [6.07, 6.45) is 67.2. The van der Waals surface area contributed by atoms with E-state index in [9.17, 15) is 15.0 Å². The minimum atomic E-state index is -0.658. The Morgan fingerprint density at radius 2 is 0.786 bits per heavy atom. The van der Waals surface area contributed by atoms with Crippen LogP contribution in [0.4, 0.5) is 0 Å². The molecule has 0 spiro atoms. The highest BCUT2D eigenvalue weighted by molar-refractivity contribution is 5.76. The third-order valence-corrected chi connectivity index (χ3v) is 10.7. The number of amides is 1. The van der Waals surface area contributed by atoms with Crippen molar-refractivity contribution < 1.29 is 15.0 Å². The quantitative estimate of drug-likeness (QED) is 0.0426. The van der Waals surface area contributed by atoms with Gasteiger partial charge >= 0.3 is 0 Å². The van der Waals surface area contributed by atoms with Gasteiger partial charge in [0.15, 0.2) is 0 Å². The molecule has 2 unspecified atom stereocenters. The van der Waals surface area contributed by atoms with Gasteiger partial charge < -0.3 is 15.5 Å². The third kappa shape index (κ3) is 43.0. The number of unbranched alkanes of at least 4 members (excludes halogenated alkanes) is 24. The van der Waals surface area contributed by atoms with Gasteiger partial charge in [-0.25, -0.2) is 0 Å². The molecule has 3 N–H and O–H groups in total. The maximum atomic E-state index is 12.4. The van der Waals surface area contributed by atoms with Crippen LogP contribution in [0.1, 0.15) is 232 Å². The van der Waals surface area contributed by atoms with Crippen LogP contribution in [0, 0.1) is 0 Å². The summed E-state index contributed by atoms with van der Waals surface area (Å²) in [4.78, 5) is 12.4. The SMILES string of the molecule is CC/C=C\C/C=C\C/C=C\C/C=C\C/C=C\C/C=C\CCCCCCCCCCCCCCCCCCC(=O)NC(CO)C(O)CCCCCCCCCCC. The second-order valence-corrected chi connectivity index (χ2v) is 16.2. The molecule has 0 rings (SSSR count). The third-order valence-electron chi connectivity index (χ3n) is 10.7. The molecule has 0 aliphatic heterocycles. The molecule has 0 saturated carbocycles. The molecule has 324 valence electrons. The molecule has 0 saturated heterocycles. The lowest BCUT2D eigenvalue weighted by Gasteiger charge is -2.22. The summed E-state index contributed by atoms with van der Waals surface area (Å²) < 4.78 is 0. The molecule has 0 aliphatic carbocycles. The molecule has 0 heterocycles. The number of aliphatic hydroxyl groups excluding tert-OH is 2. The van der Waals surface area contributed by atoms with Gasteiger partial charge in [-0.15, -0.1) is 0 Å². The van der Waals surface area contributed by atoms with E-state index < -0.39 is 12.1 Å². The van der Waals surface area contributed by atoms with E-state index in [1.807, 2.05) is 0 Å². The summed E-state index contributed by atoms with van der Waals surface area (Å²) in [5.74, 6) is -0.0352. The van der Waals surface area contributed by atoms with Crippen molar-refractivity contribution in [2.45, 2.75) is 244 Å². The van der Waals surface area contributed by atoms with Gasteiger partial charge in [0.25, 0.3) is 0 Å². The van der Waals surface area contributed by atoms with Crippen molar-refractivity contribution in [1.29, 1.82) is 0 Å². The van der Waals surface area contributed by atoms with E-state index in [-0.39, 0.29) is 12.5 Å². The van der Waals surface area contributed by atoms with Gasteiger partial charge in [-0.05, 0) is 64.2 Å². The number of rotatable bonds is 43.